The van der Waals surface area contributed by atoms with Gasteiger partial charge < -0.3 is 19.5 Å². The van der Waals surface area contributed by atoms with E-state index in [1.807, 2.05) is 0 Å². The maximum absolute atomic E-state index is 13.1. The molecule has 2 aliphatic rings. The van der Waals surface area contributed by atoms with Crippen molar-refractivity contribution in [2.75, 3.05) is 33.4 Å². The van der Waals surface area contributed by atoms with Crippen LogP contribution in [0.25, 0.3) is 0 Å². The average Bonchev–Trinajstić information content (AvgIpc) is 2.97. The Kier molecular flexibility index (Phi) is 6.56. The summed E-state index contributed by atoms with van der Waals surface area (Å²) in [5.74, 6) is -0.226. The molecule has 0 unspecified atom stereocenters. The molecule has 0 saturated carbocycles. The standard InChI is InChI=1S/C20H28N2O7S/c1-20(2,19(24)27-3)21-18(23)14-7-9-22(10-8-14)30(25,26)15-5-6-16-17(13-15)29-12-4-11-28-16/h5-6,13-14H,4,7-12H2,1-3H3,(H,21,23). The Balaban J connectivity index is 1.65. The highest BCUT2D eigenvalue weighted by atomic mass is 32.2. The number of fused-ring (bicyclic) bond motifs is 1. The number of nitrogens with zero attached hydrogens (tertiary/aromatic N) is 1. The lowest BCUT2D eigenvalue weighted by atomic mass is 9.95. The third kappa shape index (κ3) is 4.70. The number of esters is 1. The molecular weight excluding hydrogens is 412 g/mol. The van der Waals surface area contributed by atoms with Crippen LogP contribution < -0.4 is 14.8 Å². The molecule has 0 radical (unpaired) electrons. The van der Waals surface area contributed by atoms with Crippen molar-refractivity contribution < 1.29 is 32.2 Å². The van der Waals surface area contributed by atoms with Crippen molar-refractivity contribution in [3.63, 3.8) is 0 Å². The molecular formula is C20H28N2O7S. The fourth-order valence-electron chi connectivity index (χ4n) is 3.53. The summed E-state index contributed by atoms with van der Waals surface area (Å²) in [6.45, 7) is 4.57. The predicted molar refractivity (Wildman–Crippen MR) is 108 cm³/mol. The zero-order valence-electron chi connectivity index (χ0n) is 17.5. The molecule has 1 fully saturated rings. The van der Waals surface area contributed by atoms with Gasteiger partial charge in [-0.2, -0.15) is 4.31 Å². The van der Waals surface area contributed by atoms with Gasteiger partial charge in [0.05, 0.1) is 25.2 Å². The smallest absolute Gasteiger partial charge is 0.330 e. The van der Waals surface area contributed by atoms with Crippen LogP contribution in [0, 0.1) is 5.92 Å². The van der Waals surface area contributed by atoms with E-state index in [-0.39, 0.29) is 29.8 Å². The van der Waals surface area contributed by atoms with E-state index in [0.717, 1.165) is 6.42 Å². The van der Waals surface area contributed by atoms with Crippen molar-refractivity contribution in [3.8, 4) is 11.5 Å². The van der Waals surface area contributed by atoms with Crippen LogP contribution in [0.4, 0.5) is 0 Å². The Labute approximate surface area is 176 Å². The number of hydrogen-bond acceptors (Lipinski definition) is 7. The molecule has 166 valence electrons. The zero-order chi connectivity index (χ0) is 21.9. The topological polar surface area (TPSA) is 111 Å². The first kappa shape index (κ1) is 22.4. The Hall–Kier alpha value is -2.33. The molecule has 0 spiro atoms. The van der Waals surface area contributed by atoms with E-state index >= 15 is 0 Å². The van der Waals surface area contributed by atoms with Crippen molar-refractivity contribution in [2.45, 2.75) is 43.5 Å². The Morgan fingerprint density at radius 3 is 2.40 bits per heavy atom. The van der Waals surface area contributed by atoms with E-state index in [1.165, 1.54) is 23.5 Å². The van der Waals surface area contributed by atoms with Gasteiger partial charge in [0.25, 0.3) is 0 Å². The number of rotatable bonds is 5. The summed E-state index contributed by atoms with van der Waals surface area (Å²) in [6.07, 6.45) is 1.47. The third-order valence-electron chi connectivity index (χ3n) is 5.31. The molecule has 1 saturated heterocycles. The van der Waals surface area contributed by atoms with Crippen LogP contribution in [-0.4, -0.2) is 63.6 Å². The summed E-state index contributed by atoms with van der Waals surface area (Å²) >= 11 is 0. The van der Waals surface area contributed by atoms with Crippen LogP contribution in [-0.2, 0) is 24.3 Å². The summed E-state index contributed by atoms with van der Waals surface area (Å²) < 4.78 is 43.4. The molecule has 0 aromatic heterocycles. The van der Waals surface area contributed by atoms with E-state index in [0.29, 0.717) is 37.6 Å². The SMILES string of the molecule is COC(=O)C(C)(C)NC(=O)C1CCN(S(=O)(=O)c2ccc3c(c2)OCCCO3)CC1. The summed E-state index contributed by atoms with van der Waals surface area (Å²) in [7, 11) is -2.45. The van der Waals surface area contributed by atoms with Gasteiger partial charge in [-0.05, 0) is 38.8 Å². The normalized spacial score (nSPS) is 18.4. The number of nitrogens with one attached hydrogen (secondary N) is 1. The highest BCUT2D eigenvalue weighted by Gasteiger charge is 2.36. The summed E-state index contributed by atoms with van der Waals surface area (Å²) in [5.41, 5.74) is -1.14. The maximum Gasteiger partial charge on any atom is 0.330 e. The number of amides is 1. The zero-order valence-corrected chi connectivity index (χ0v) is 18.3. The number of sulfonamides is 1. The molecule has 2 aliphatic heterocycles. The highest BCUT2D eigenvalue weighted by Crippen LogP contribution is 2.33. The number of ether oxygens (including phenoxy) is 3. The molecule has 10 heteroatoms. The number of benzene rings is 1. The quantitative estimate of drug-likeness (QED) is 0.687. The van der Waals surface area contributed by atoms with Gasteiger partial charge in [-0.1, -0.05) is 0 Å². The molecule has 1 N–H and O–H groups in total. The average molecular weight is 441 g/mol. The minimum atomic E-state index is -3.72. The fraction of sp³-hybridized carbons (Fsp3) is 0.600. The van der Waals surface area contributed by atoms with Crippen LogP contribution in [0.15, 0.2) is 23.1 Å². The van der Waals surface area contributed by atoms with Crippen LogP contribution in [0.5, 0.6) is 11.5 Å². The number of carbonyl (C=O) groups is 2. The van der Waals surface area contributed by atoms with Crippen LogP contribution >= 0.6 is 0 Å². The van der Waals surface area contributed by atoms with E-state index in [9.17, 15) is 18.0 Å². The summed E-state index contributed by atoms with van der Waals surface area (Å²) in [5, 5.41) is 2.69. The molecule has 3 rings (SSSR count). The van der Waals surface area contributed by atoms with Gasteiger partial charge in [0.2, 0.25) is 15.9 Å². The van der Waals surface area contributed by atoms with Crippen molar-refractivity contribution in [2.24, 2.45) is 5.92 Å². The lowest BCUT2D eigenvalue weighted by Crippen LogP contribution is -2.53. The molecule has 2 heterocycles. The van der Waals surface area contributed by atoms with Crippen molar-refractivity contribution in [3.05, 3.63) is 18.2 Å². The molecule has 1 aromatic carbocycles. The number of carbonyl (C=O) groups excluding carboxylic acids is 2. The number of piperidine rings is 1. The van der Waals surface area contributed by atoms with E-state index in [4.69, 9.17) is 14.2 Å². The van der Waals surface area contributed by atoms with Gasteiger partial charge in [-0.25, -0.2) is 13.2 Å². The van der Waals surface area contributed by atoms with Crippen molar-refractivity contribution >= 4 is 21.9 Å². The van der Waals surface area contributed by atoms with E-state index in [2.05, 4.69) is 5.32 Å². The van der Waals surface area contributed by atoms with Gasteiger partial charge in [-0.3, -0.25) is 4.79 Å². The first-order chi connectivity index (χ1) is 14.1. The Bertz CT molecular complexity index is 906. The molecule has 0 bridgehead atoms. The van der Waals surface area contributed by atoms with Crippen LogP contribution in [0.1, 0.15) is 33.1 Å². The van der Waals surface area contributed by atoms with Gasteiger partial charge >= 0.3 is 5.97 Å². The van der Waals surface area contributed by atoms with Gasteiger partial charge in [0.15, 0.2) is 11.5 Å². The van der Waals surface area contributed by atoms with Gasteiger partial charge in [0.1, 0.15) is 5.54 Å². The van der Waals surface area contributed by atoms with E-state index in [1.54, 1.807) is 19.9 Å². The Morgan fingerprint density at radius 1 is 1.13 bits per heavy atom. The first-order valence-electron chi connectivity index (χ1n) is 9.95. The second-order valence-electron chi connectivity index (χ2n) is 7.94. The lowest BCUT2D eigenvalue weighted by Gasteiger charge is -2.32. The summed E-state index contributed by atoms with van der Waals surface area (Å²) in [4.78, 5) is 24.4. The highest BCUT2D eigenvalue weighted by molar-refractivity contribution is 7.89. The molecule has 1 amide bonds. The lowest BCUT2D eigenvalue weighted by molar-refractivity contribution is -0.150. The molecule has 9 nitrogen and oxygen atoms in total. The monoisotopic (exact) mass is 440 g/mol. The van der Waals surface area contributed by atoms with Crippen molar-refractivity contribution in [1.29, 1.82) is 0 Å². The minimum absolute atomic E-state index is 0.140. The van der Waals surface area contributed by atoms with Crippen molar-refractivity contribution in [1.82, 2.24) is 9.62 Å². The first-order valence-corrected chi connectivity index (χ1v) is 11.4. The van der Waals surface area contributed by atoms with Crippen LogP contribution in [0.3, 0.4) is 0 Å². The second-order valence-corrected chi connectivity index (χ2v) is 9.88. The minimum Gasteiger partial charge on any atom is -0.490 e. The van der Waals surface area contributed by atoms with Gasteiger partial charge in [-0.15, -0.1) is 0 Å². The van der Waals surface area contributed by atoms with E-state index < -0.39 is 21.5 Å². The Morgan fingerprint density at radius 2 is 1.77 bits per heavy atom. The molecule has 0 aliphatic carbocycles. The maximum atomic E-state index is 13.1. The molecule has 0 atom stereocenters. The number of hydrogen-bond donors (Lipinski definition) is 1. The third-order valence-corrected chi connectivity index (χ3v) is 7.21. The summed E-state index contributed by atoms with van der Waals surface area (Å²) in [6, 6.07) is 4.62. The predicted octanol–water partition coefficient (Wildman–Crippen LogP) is 1.32. The molecule has 1 aromatic rings. The second kappa shape index (κ2) is 8.81. The molecule has 30 heavy (non-hydrogen) atoms. The fourth-order valence-corrected chi connectivity index (χ4v) is 5.01. The largest absolute Gasteiger partial charge is 0.490 e. The van der Waals surface area contributed by atoms with Crippen LogP contribution in [0.2, 0.25) is 0 Å². The number of methoxy groups -OCH3 is 1. The van der Waals surface area contributed by atoms with Gasteiger partial charge in [0, 0.05) is 31.5 Å².